The maximum Gasteiger partial charge on any atom is 0.246 e. The number of ether oxygens (including phenoxy) is 1. The van der Waals surface area contributed by atoms with Crippen molar-refractivity contribution in [2.24, 2.45) is 0 Å². The molecular weight excluding hydrogens is 398 g/mol. The Balaban J connectivity index is 1.40. The predicted molar refractivity (Wildman–Crippen MR) is 110 cm³/mol. The van der Waals surface area contributed by atoms with Gasteiger partial charge in [-0.25, -0.2) is 0 Å². The van der Waals surface area contributed by atoms with Crippen LogP contribution in [0.4, 0.5) is 0 Å². The summed E-state index contributed by atoms with van der Waals surface area (Å²) < 4.78 is 10.4. The van der Waals surface area contributed by atoms with Crippen molar-refractivity contribution in [2.45, 2.75) is 24.3 Å². The first-order chi connectivity index (χ1) is 13.6. The molecule has 8 heteroatoms. The smallest absolute Gasteiger partial charge is 0.246 e. The molecule has 0 saturated carbocycles. The molecule has 3 aromatic rings. The third-order valence-electron chi connectivity index (χ3n) is 3.86. The molecule has 2 aromatic carbocycles. The summed E-state index contributed by atoms with van der Waals surface area (Å²) in [6, 6.07) is 15.1. The van der Waals surface area contributed by atoms with Gasteiger partial charge in [0.2, 0.25) is 17.6 Å². The second-order valence-corrected chi connectivity index (χ2v) is 7.53. The van der Waals surface area contributed by atoms with Crippen LogP contribution in [0.25, 0.3) is 11.4 Å². The average molecular weight is 418 g/mol. The SMILES string of the molecule is COc1cccc(-c2noc(CNC(=O)CCCSc3ccc(Cl)cc3)n2)c1. The van der Waals surface area contributed by atoms with Crippen molar-refractivity contribution in [1.29, 1.82) is 0 Å². The van der Waals surface area contributed by atoms with Crippen molar-refractivity contribution in [2.75, 3.05) is 12.9 Å². The number of nitrogens with zero attached hydrogens (tertiary/aromatic N) is 2. The van der Waals surface area contributed by atoms with Crippen LogP contribution in [0.2, 0.25) is 5.02 Å². The van der Waals surface area contributed by atoms with Gasteiger partial charge in [0.1, 0.15) is 5.75 Å². The Hall–Kier alpha value is -2.51. The monoisotopic (exact) mass is 417 g/mol. The Labute approximate surface area is 172 Å². The van der Waals surface area contributed by atoms with Crippen molar-refractivity contribution in [3.63, 3.8) is 0 Å². The number of hydrogen-bond acceptors (Lipinski definition) is 6. The van der Waals surface area contributed by atoms with Gasteiger partial charge in [0, 0.05) is 21.9 Å². The minimum atomic E-state index is -0.0437. The summed E-state index contributed by atoms with van der Waals surface area (Å²) in [6.45, 7) is 0.208. The Morgan fingerprint density at radius 2 is 2.07 bits per heavy atom. The van der Waals surface area contributed by atoms with Crippen LogP contribution >= 0.6 is 23.4 Å². The highest BCUT2D eigenvalue weighted by atomic mass is 35.5. The van der Waals surface area contributed by atoms with Crippen LogP contribution in [0, 0.1) is 0 Å². The van der Waals surface area contributed by atoms with Gasteiger partial charge in [-0.1, -0.05) is 28.9 Å². The number of nitrogens with one attached hydrogen (secondary N) is 1. The minimum absolute atomic E-state index is 0.0437. The maximum absolute atomic E-state index is 12.0. The second kappa shape index (κ2) is 10.1. The predicted octanol–water partition coefficient (Wildman–Crippen LogP) is 4.59. The number of carbonyl (C=O) groups is 1. The summed E-state index contributed by atoms with van der Waals surface area (Å²) in [7, 11) is 1.60. The summed E-state index contributed by atoms with van der Waals surface area (Å²) >= 11 is 7.56. The molecule has 0 aliphatic carbocycles. The first kappa shape index (κ1) is 20.2. The summed E-state index contributed by atoms with van der Waals surface area (Å²) in [5.41, 5.74) is 0.792. The van der Waals surface area contributed by atoms with E-state index in [0.29, 0.717) is 23.9 Å². The lowest BCUT2D eigenvalue weighted by Crippen LogP contribution is -2.22. The molecule has 1 amide bonds. The van der Waals surface area contributed by atoms with E-state index in [-0.39, 0.29) is 12.5 Å². The molecule has 1 N–H and O–H groups in total. The highest BCUT2D eigenvalue weighted by Crippen LogP contribution is 2.22. The molecule has 1 heterocycles. The molecule has 0 aliphatic rings. The maximum atomic E-state index is 12.0. The molecule has 6 nitrogen and oxygen atoms in total. The number of thioether (sulfide) groups is 1. The Bertz CT molecular complexity index is 915. The van der Waals surface area contributed by atoms with Crippen molar-refractivity contribution in [3.05, 3.63) is 59.4 Å². The van der Waals surface area contributed by atoms with Crippen molar-refractivity contribution in [1.82, 2.24) is 15.5 Å². The Morgan fingerprint density at radius 3 is 2.86 bits per heavy atom. The summed E-state index contributed by atoms with van der Waals surface area (Å²) in [5.74, 6) is 2.35. The van der Waals surface area contributed by atoms with Crippen LogP contribution in [-0.2, 0) is 11.3 Å². The minimum Gasteiger partial charge on any atom is -0.497 e. The number of amides is 1. The van der Waals surface area contributed by atoms with Gasteiger partial charge >= 0.3 is 0 Å². The lowest BCUT2D eigenvalue weighted by molar-refractivity contribution is -0.121. The van der Waals surface area contributed by atoms with Gasteiger partial charge in [-0.15, -0.1) is 11.8 Å². The van der Waals surface area contributed by atoms with Crippen molar-refractivity contribution in [3.8, 4) is 17.1 Å². The van der Waals surface area contributed by atoms with Crippen LogP contribution < -0.4 is 10.1 Å². The number of rotatable bonds is 9. The van der Waals surface area contributed by atoms with Crippen LogP contribution in [0.5, 0.6) is 5.75 Å². The summed E-state index contributed by atoms with van der Waals surface area (Å²) in [5, 5.41) is 7.48. The average Bonchev–Trinajstić information content (AvgIpc) is 3.20. The number of hydrogen-bond donors (Lipinski definition) is 1. The van der Waals surface area contributed by atoms with E-state index in [1.165, 1.54) is 0 Å². The van der Waals surface area contributed by atoms with E-state index in [1.807, 2.05) is 48.5 Å². The number of benzene rings is 2. The largest absolute Gasteiger partial charge is 0.497 e. The van der Waals surface area contributed by atoms with E-state index in [1.54, 1.807) is 18.9 Å². The quantitative estimate of drug-likeness (QED) is 0.405. The Morgan fingerprint density at radius 1 is 1.25 bits per heavy atom. The molecule has 0 spiro atoms. The van der Waals surface area contributed by atoms with E-state index in [4.69, 9.17) is 20.9 Å². The number of aromatic nitrogens is 2. The van der Waals surface area contributed by atoms with E-state index < -0.39 is 0 Å². The van der Waals surface area contributed by atoms with Crippen LogP contribution in [0.1, 0.15) is 18.7 Å². The normalized spacial score (nSPS) is 10.6. The van der Waals surface area contributed by atoms with Gasteiger partial charge in [0.15, 0.2) is 0 Å². The molecule has 0 saturated heterocycles. The van der Waals surface area contributed by atoms with Crippen LogP contribution in [0.15, 0.2) is 57.9 Å². The molecule has 1 aromatic heterocycles. The molecule has 0 atom stereocenters. The summed E-state index contributed by atoms with van der Waals surface area (Å²) in [4.78, 5) is 17.4. The van der Waals surface area contributed by atoms with E-state index in [2.05, 4.69) is 15.5 Å². The molecule has 0 aliphatic heterocycles. The van der Waals surface area contributed by atoms with Crippen molar-refractivity contribution >= 4 is 29.3 Å². The fourth-order valence-corrected chi connectivity index (χ4v) is 3.40. The fraction of sp³-hybridized carbons (Fsp3) is 0.250. The number of halogens is 1. The molecule has 0 radical (unpaired) electrons. The highest BCUT2D eigenvalue weighted by Gasteiger charge is 2.10. The zero-order valence-electron chi connectivity index (χ0n) is 15.4. The standard InChI is InChI=1S/C20H20ClN3O3S/c1-26-16-5-2-4-14(12-16)20-23-19(27-24-20)13-22-18(25)6-3-11-28-17-9-7-15(21)8-10-17/h2,4-5,7-10,12H,3,6,11,13H2,1H3,(H,22,25). The molecular formula is C20H20ClN3O3S. The number of carbonyl (C=O) groups excluding carboxylic acids is 1. The van der Waals surface area contributed by atoms with E-state index in [0.717, 1.165) is 27.7 Å². The molecule has 0 unspecified atom stereocenters. The van der Waals surface area contributed by atoms with Crippen molar-refractivity contribution < 1.29 is 14.1 Å². The topological polar surface area (TPSA) is 77.3 Å². The van der Waals surface area contributed by atoms with E-state index in [9.17, 15) is 4.79 Å². The molecule has 28 heavy (non-hydrogen) atoms. The third kappa shape index (κ3) is 6.00. The lowest BCUT2D eigenvalue weighted by Gasteiger charge is -2.03. The lowest BCUT2D eigenvalue weighted by atomic mass is 10.2. The zero-order valence-corrected chi connectivity index (χ0v) is 16.9. The van der Waals surface area contributed by atoms with Gasteiger partial charge in [0.25, 0.3) is 0 Å². The van der Waals surface area contributed by atoms with Gasteiger partial charge in [-0.2, -0.15) is 4.98 Å². The molecule has 146 valence electrons. The first-order valence-electron chi connectivity index (χ1n) is 8.76. The molecule has 0 fully saturated rings. The van der Waals surface area contributed by atoms with Gasteiger partial charge < -0.3 is 14.6 Å². The fourth-order valence-electron chi connectivity index (χ4n) is 2.42. The van der Waals surface area contributed by atoms with Crippen LogP contribution in [-0.4, -0.2) is 28.9 Å². The zero-order chi connectivity index (χ0) is 19.8. The van der Waals surface area contributed by atoms with E-state index >= 15 is 0 Å². The third-order valence-corrected chi connectivity index (χ3v) is 5.21. The molecule has 3 rings (SSSR count). The Kier molecular flexibility index (Phi) is 7.33. The van der Waals surface area contributed by atoms with Crippen LogP contribution in [0.3, 0.4) is 0 Å². The van der Waals surface area contributed by atoms with Gasteiger partial charge in [-0.05, 0) is 48.6 Å². The second-order valence-electron chi connectivity index (χ2n) is 5.93. The van der Waals surface area contributed by atoms with Gasteiger partial charge in [0.05, 0.1) is 13.7 Å². The first-order valence-corrected chi connectivity index (χ1v) is 10.1. The highest BCUT2D eigenvalue weighted by molar-refractivity contribution is 7.99. The number of methoxy groups -OCH3 is 1. The van der Waals surface area contributed by atoms with Gasteiger partial charge in [-0.3, -0.25) is 4.79 Å². The molecule has 0 bridgehead atoms. The summed E-state index contributed by atoms with van der Waals surface area (Å²) in [6.07, 6.45) is 1.22.